The van der Waals surface area contributed by atoms with E-state index in [0.717, 1.165) is 12.8 Å². The second-order valence-corrected chi connectivity index (χ2v) is 8.37. The second-order valence-electron chi connectivity index (χ2n) is 6.60. The number of amides is 1. The van der Waals surface area contributed by atoms with Gasteiger partial charge in [-0.05, 0) is 46.6 Å². The van der Waals surface area contributed by atoms with E-state index in [-0.39, 0.29) is 22.4 Å². The van der Waals surface area contributed by atoms with Crippen LogP contribution in [0, 0.1) is 6.92 Å². The molecular weight excluding hydrogens is 338 g/mol. The quantitative estimate of drug-likeness (QED) is 0.612. The maximum absolute atomic E-state index is 12.5. The Bertz CT molecular complexity index is 598. The molecule has 0 radical (unpaired) electrons. The fraction of sp³-hybridized carbons (Fsp3) is 0.667. The normalized spacial score (nSPS) is 19.7. The van der Waals surface area contributed by atoms with Gasteiger partial charge in [0.1, 0.15) is 10.8 Å². The Morgan fingerprint density at radius 2 is 2.17 bits per heavy atom. The number of ether oxygens (including phenoxy) is 1. The number of aromatic nitrogens is 2. The summed E-state index contributed by atoms with van der Waals surface area (Å²) >= 11 is 5.89. The van der Waals surface area contributed by atoms with Crippen LogP contribution in [-0.2, 0) is 15.5 Å². The lowest BCUT2D eigenvalue weighted by Crippen LogP contribution is -2.42. The minimum absolute atomic E-state index is 0.131. The number of rotatable bonds is 3. The highest BCUT2D eigenvalue weighted by molar-refractivity contribution is 7.84. The van der Waals surface area contributed by atoms with Crippen molar-refractivity contribution in [3.63, 3.8) is 0 Å². The molecule has 0 spiro atoms. The molecule has 0 bridgehead atoms. The lowest BCUT2D eigenvalue weighted by atomic mass is 10.2. The van der Waals surface area contributed by atoms with Crippen molar-refractivity contribution in [2.45, 2.75) is 57.3 Å². The van der Waals surface area contributed by atoms with Crippen LogP contribution in [0.5, 0.6) is 0 Å². The number of aryl methyl sites for hydroxylation is 1. The number of hydrogen-bond acceptors (Lipinski definition) is 5. The predicted octanol–water partition coefficient (Wildman–Crippen LogP) is 2.95. The standard InChI is InChI=1S/C15H22ClN3O3S/c1-10-8-12(16)18-13(17-10)23(21)9-11-6-5-7-19(11)14(20)22-15(2,3)4/h8,11H,5-7,9H2,1-4H3/t11-,23+/m1/s1. The summed E-state index contributed by atoms with van der Waals surface area (Å²) in [6.07, 6.45) is 1.31. The van der Waals surface area contributed by atoms with Crippen LogP contribution >= 0.6 is 11.6 Å². The van der Waals surface area contributed by atoms with Gasteiger partial charge < -0.3 is 9.64 Å². The van der Waals surface area contributed by atoms with Gasteiger partial charge in [-0.3, -0.25) is 4.21 Å². The van der Waals surface area contributed by atoms with Crippen LogP contribution in [0.25, 0.3) is 0 Å². The van der Waals surface area contributed by atoms with E-state index in [1.807, 2.05) is 20.8 Å². The molecule has 128 valence electrons. The molecule has 1 aromatic heterocycles. The molecular formula is C15H22ClN3O3S. The molecule has 6 nitrogen and oxygen atoms in total. The summed E-state index contributed by atoms with van der Waals surface area (Å²) in [5, 5.41) is 0.488. The molecule has 23 heavy (non-hydrogen) atoms. The summed E-state index contributed by atoms with van der Waals surface area (Å²) in [4.78, 5) is 22.1. The maximum Gasteiger partial charge on any atom is 0.410 e. The highest BCUT2D eigenvalue weighted by Gasteiger charge is 2.33. The van der Waals surface area contributed by atoms with Crippen molar-refractivity contribution >= 4 is 28.5 Å². The van der Waals surface area contributed by atoms with E-state index >= 15 is 0 Å². The molecule has 1 aliphatic rings. The molecule has 0 N–H and O–H groups in total. The molecule has 2 atom stereocenters. The van der Waals surface area contributed by atoms with Crippen molar-refractivity contribution in [2.24, 2.45) is 0 Å². The zero-order valence-electron chi connectivity index (χ0n) is 13.8. The maximum atomic E-state index is 12.5. The van der Waals surface area contributed by atoms with Crippen LogP contribution in [0.1, 0.15) is 39.3 Å². The first kappa shape index (κ1) is 18.1. The average molecular weight is 360 g/mol. The van der Waals surface area contributed by atoms with E-state index < -0.39 is 16.4 Å². The summed E-state index contributed by atoms with van der Waals surface area (Å²) in [7, 11) is -1.41. The zero-order chi connectivity index (χ0) is 17.2. The molecule has 1 amide bonds. The molecule has 2 heterocycles. The van der Waals surface area contributed by atoms with Gasteiger partial charge in [-0.25, -0.2) is 14.8 Å². The van der Waals surface area contributed by atoms with Crippen LogP contribution in [0.4, 0.5) is 4.79 Å². The van der Waals surface area contributed by atoms with Gasteiger partial charge in [-0.15, -0.1) is 0 Å². The summed E-state index contributed by atoms with van der Waals surface area (Å²) in [5.74, 6) is 0.291. The molecule has 1 aromatic rings. The highest BCUT2D eigenvalue weighted by Crippen LogP contribution is 2.22. The van der Waals surface area contributed by atoms with Crippen molar-refractivity contribution in [1.82, 2.24) is 14.9 Å². The van der Waals surface area contributed by atoms with Crippen molar-refractivity contribution in [3.05, 3.63) is 16.9 Å². The molecule has 0 unspecified atom stereocenters. The van der Waals surface area contributed by atoms with E-state index in [1.54, 1.807) is 17.9 Å². The van der Waals surface area contributed by atoms with Gasteiger partial charge in [0.15, 0.2) is 0 Å². The first-order chi connectivity index (χ1) is 10.7. The third kappa shape index (κ3) is 5.14. The van der Waals surface area contributed by atoms with Gasteiger partial charge in [0.2, 0.25) is 5.16 Å². The monoisotopic (exact) mass is 359 g/mol. The van der Waals surface area contributed by atoms with Crippen LogP contribution in [0.2, 0.25) is 5.15 Å². The Kier molecular flexibility index (Phi) is 5.62. The van der Waals surface area contributed by atoms with Crippen LogP contribution in [0.15, 0.2) is 11.2 Å². The van der Waals surface area contributed by atoms with Crippen molar-refractivity contribution in [2.75, 3.05) is 12.3 Å². The molecule has 1 aliphatic heterocycles. The molecule has 0 saturated carbocycles. The van der Waals surface area contributed by atoms with E-state index in [0.29, 0.717) is 18.0 Å². The number of carbonyl (C=O) groups excluding carboxylic acids is 1. The summed E-state index contributed by atoms with van der Waals surface area (Å²) < 4.78 is 17.9. The lowest BCUT2D eigenvalue weighted by molar-refractivity contribution is 0.0241. The van der Waals surface area contributed by atoms with Crippen LogP contribution < -0.4 is 0 Å². The zero-order valence-corrected chi connectivity index (χ0v) is 15.4. The first-order valence-corrected chi connectivity index (χ1v) is 9.24. The van der Waals surface area contributed by atoms with Gasteiger partial charge in [0, 0.05) is 18.3 Å². The van der Waals surface area contributed by atoms with E-state index in [4.69, 9.17) is 16.3 Å². The van der Waals surface area contributed by atoms with Crippen molar-refractivity contribution in [1.29, 1.82) is 0 Å². The van der Waals surface area contributed by atoms with Gasteiger partial charge >= 0.3 is 6.09 Å². The van der Waals surface area contributed by atoms with Gasteiger partial charge in [0.05, 0.1) is 16.6 Å². The lowest BCUT2D eigenvalue weighted by Gasteiger charge is -2.28. The topological polar surface area (TPSA) is 72.4 Å². The number of carbonyl (C=O) groups is 1. The predicted molar refractivity (Wildman–Crippen MR) is 89.0 cm³/mol. The van der Waals surface area contributed by atoms with E-state index in [9.17, 15) is 9.00 Å². The molecule has 8 heteroatoms. The van der Waals surface area contributed by atoms with Crippen molar-refractivity contribution < 1.29 is 13.7 Å². The Morgan fingerprint density at radius 3 is 2.78 bits per heavy atom. The van der Waals surface area contributed by atoms with Crippen molar-refractivity contribution in [3.8, 4) is 0 Å². The molecule has 0 aliphatic carbocycles. The number of halogens is 1. The third-order valence-electron chi connectivity index (χ3n) is 3.35. The fourth-order valence-corrected chi connectivity index (χ4v) is 4.00. The van der Waals surface area contributed by atoms with Gasteiger partial charge in [-0.1, -0.05) is 11.6 Å². The fourth-order valence-electron chi connectivity index (χ4n) is 2.43. The summed E-state index contributed by atoms with van der Waals surface area (Å²) in [6.45, 7) is 7.88. The van der Waals surface area contributed by atoms with Gasteiger partial charge in [-0.2, -0.15) is 0 Å². The molecule has 0 aromatic carbocycles. The highest BCUT2D eigenvalue weighted by atomic mass is 35.5. The summed E-state index contributed by atoms with van der Waals surface area (Å²) in [5.41, 5.74) is 0.125. The van der Waals surface area contributed by atoms with E-state index in [1.165, 1.54) is 0 Å². The molecule has 1 saturated heterocycles. The summed E-state index contributed by atoms with van der Waals surface area (Å²) in [6, 6.07) is 1.48. The smallest absolute Gasteiger partial charge is 0.410 e. The number of hydrogen-bond donors (Lipinski definition) is 0. The minimum atomic E-state index is -1.41. The SMILES string of the molecule is Cc1cc(Cl)nc([S@@](=O)C[C@H]2CCCN2C(=O)OC(C)(C)C)n1. The minimum Gasteiger partial charge on any atom is -0.444 e. The largest absolute Gasteiger partial charge is 0.444 e. The Balaban J connectivity index is 2.06. The second kappa shape index (κ2) is 7.13. The van der Waals surface area contributed by atoms with Gasteiger partial charge in [0.25, 0.3) is 0 Å². The Labute approximate surface area is 144 Å². The first-order valence-electron chi connectivity index (χ1n) is 7.55. The van der Waals surface area contributed by atoms with Crippen LogP contribution in [0.3, 0.4) is 0 Å². The molecule has 2 rings (SSSR count). The Morgan fingerprint density at radius 1 is 1.48 bits per heavy atom. The number of nitrogens with zero attached hydrogens (tertiary/aromatic N) is 3. The number of likely N-dealkylation sites (tertiary alicyclic amines) is 1. The molecule has 1 fully saturated rings. The Hall–Kier alpha value is -1.21. The van der Waals surface area contributed by atoms with E-state index in [2.05, 4.69) is 9.97 Å². The van der Waals surface area contributed by atoms with Crippen LogP contribution in [-0.4, -0.2) is 49.1 Å². The average Bonchev–Trinajstić information content (AvgIpc) is 2.83. The third-order valence-corrected chi connectivity index (χ3v) is 4.83.